The fourth-order valence-corrected chi connectivity index (χ4v) is 0.980. The number of fused-ring (bicyclic) bond motifs is 1. The van der Waals surface area contributed by atoms with Crippen LogP contribution in [-0.2, 0) is 0 Å². The van der Waals surface area contributed by atoms with E-state index in [1.165, 1.54) is 6.20 Å². The van der Waals surface area contributed by atoms with Crippen molar-refractivity contribution in [2.45, 2.75) is 0 Å². The Balaban J connectivity index is 2.54. The number of thiocarbonyl (C=S) groups is 1. The van der Waals surface area contributed by atoms with E-state index in [2.05, 4.69) is 20.2 Å². The molecular formula is C5H3N5S. The number of rotatable bonds is 0. The van der Waals surface area contributed by atoms with E-state index in [4.69, 9.17) is 18.0 Å². The summed E-state index contributed by atoms with van der Waals surface area (Å²) in [6.45, 7) is 0. The smallest absolute Gasteiger partial charge is 0.223 e. The van der Waals surface area contributed by atoms with Crippen LogP contribution in [-0.4, -0.2) is 16.8 Å². The van der Waals surface area contributed by atoms with Crippen LogP contribution in [0.25, 0.3) is 0 Å². The first-order chi connectivity index (χ1) is 5.27. The molecule has 6 heteroatoms. The maximum atomic E-state index is 5.50. The monoisotopic (exact) mass is 165 g/mol. The zero-order valence-corrected chi connectivity index (χ0v) is 6.17. The minimum Gasteiger partial charge on any atom is -0.383 e. The van der Waals surface area contributed by atoms with Crippen molar-refractivity contribution in [3.8, 4) is 0 Å². The van der Waals surface area contributed by atoms with Crippen molar-refractivity contribution in [1.29, 1.82) is 0 Å². The molecule has 0 bridgehead atoms. The van der Waals surface area contributed by atoms with Gasteiger partial charge in [-0.25, -0.2) is 4.99 Å². The molecule has 0 aromatic heterocycles. The van der Waals surface area contributed by atoms with Gasteiger partial charge in [0.05, 0.1) is 11.8 Å². The first kappa shape index (κ1) is 6.29. The molecule has 2 heterocycles. The molecule has 0 aliphatic carbocycles. The molecule has 0 saturated heterocycles. The molecule has 0 fully saturated rings. The van der Waals surface area contributed by atoms with Gasteiger partial charge in [0.25, 0.3) is 0 Å². The fraction of sp³-hybridized carbons (Fsp3) is 0. The lowest BCUT2D eigenvalue weighted by molar-refractivity contribution is 1.32. The zero-order valence-electron chi connectivity index (χ0n) is 5.35. The van der Waals surface area contributed by atoms with Gasteiger partial charge in [0, 0.05) is 0 Å². The van der Waals surface area contributed by atoms with Crippen LogP contribution in [0.2, 0.25) is 0 Å². The maximum absolute atomic E-state index is 5.50. The lowest BCUT2D eigenvalue weighted by Crippen LogP contribution is -2.23. The molecular weight excluding hydrogens is 162 g/mol. The molecule has 0 aromatic rings. The van der Waals surface area contributed by atoms with E-state index in [-0.39, 0.29) is 5.11 Å². The molecule has 2 aliphatic heterocycles. The summed E-state index contributed by atoms with van der Waals surface area (Å²) in [5.41, 5.74) is 6.16. The fourth-order valence-electron chi connectivity index (χ4n) is 0.795. The molecule has 2 N–H and O–H groups in total. The van der Waals surface area contributed by atoms with E-state index in [0.717, 1.165) is 0 Å². The Hall–Kier alpha value is -1.43. The van der Waals surface area contributed by atoms with E-state index >= 15 is 0 Å². The zero-order chi connectivity index (χ0) is 7.84. The lowest BCUT2D eigenvalue weighted by Gasteiger charge is -2.04. The van der Waals surface area contributed by atoms with Gasteiger partial charge in [0.1, 0.15) is 5.84 Å². The molecule has 2 aliphatic rings. The standard InChI is InChI=1S/C5H3N5S/c6-3-2-1-7-10-4(2)9-5(11)8-3/h1H,(H2,6,8,11). The maximum Gasteiger partial charge on any atom is 0.223 e. The topological polar surface area (TPSA) is 75.5 Å². The van der Waals surface area contributed by atoms with Crippen LogP contribution in [0.3, 0.4) is 0 Å². The molecule has 0 spiro atoms. The van der Waals surface area contributed by atoms with E-state index in [1.54, 1.807) is 0 Å². The summed E-state index contributed by atoms with van der Waals surface area (Å²) >= 11 is 4.72. The molecule has 0 saturated carbocycles. The van der Waals surface area contributed by atoms with Crippen LogP contribution >= 0.6 is 12.2 Å². The average molecular weight is 165 g/mol. The predicted molar refractivity (Wildman–Crippen MR) is 44.6 cm³/mol. The highest BCUT2D eigenvalue weighted by Crippen LogP contribution is 2.13. The van der Waals surface area contributed by atoms with E-state index in [9.17, 15) is 0 Å². The minimum absolute atomic E-state index is 0.204. The van der Waals surface area contributed by atoms with Crippen molar-refractivity contribution >= 4 is 29.0 Å². The molecule has 54 valence electrons. The summed E-state index contributed by atoms with van der Waals surface area (Å²) in [6, 6.07) is 0. The highest BCUT2D eigenvalue weighted by Gasteiger charge is 2.20. The van der Waals surface area contributed by atoms with Crippen LogP contribution in [0, 0.1) is 0 Å². The van der Waals surface area contributed by atoms with Gasteiger partial charge in [-0.05, 0) is 12.2 Å². The number of nitrogens with zero attached hydrogens (tertiary/aromatic N) is 4. The van der Waals surface area contributed by atoms with E-state index in [1.807, 2.05) is 0 Å². The number of hydrogen-bond donors (Lipinski definition) is 1. The van der Waals surface area contributed by atoms with Gasteiger partial charge >= 0.3 is 0 Å². The van der Waals surface area contributed by atoms with Gasteiger partial charge < -0.3 is 5.73 Å². The summed E-state index contributed by atoms with van der Waals surface area (Å²) in [5, 5.41) is 7.52. The molecule has 0 radical (unpaired) electrons. The van der Waals surface area contributed by atoms with Gasteiger partial charge in [-0.1, -0.05) is 0 Å². The van der Waals surface area contributed by atoms with Gasteiger partial charge in [0.2, 0.25) is 5.11 Å². The van der Waals surface area contributed by atoms with E-state index < -0.39 is 0 Å². The van der Waals surface area contributed by atoms with Crippen LogP contribution in [0.4, 0.5) is 0 Å². The Kier molecular flexibility index (Phi) is 1.16. The number of nitrogens with two attached hydrogens (primary N) is 1. The average Bonchev–Trinajstić information content (AvgIpc) is 2.34. The van der Waals surface area contributed by atoms with Crippen LogP contribution < -0.4 is 5.73 Å². The summed E-state index contributed by atoms with van der Waals surface area (Å²) in [6.07, 6.45) is 1.51. The SMILES string of the molecule is NC1=NC(=S)N=C2N=NC=C12. The molecule has 5 nitrogen and oxygen atoms in total. The quantitative estimate of drug-likeness (QED) is 0.527. The number of azo groups is 1. The third-order valence-electron chi connectivity index (χ3n) is 1.27. The summed E-state index contributed by atoms with van der Waals surface area (Å²) in [5.74, 6) is 0.799. The lowest BCUT2D eigenvalue weighted by atomic mass is 10.2. The van der Waals surface area contributed by atoms with Crippen LogP contribution in [0.5, 0.6) is 0 Å². The molecule has 0 atom stereocenters. The van der Waals surface area contributed by atoms with Crippen LogP contribution in [0.1, 0.15) is 0 Å². The van der Waals surface area contributed by atoms with Gasteiger partial charge in [0.15, 0.2) is 5.84 Å². The first-order valence-electron chi connectivity index (χ1n) is 2.86. The molecule has 0 aromatic carbocycles. The largest absolute Gasteiger partial charge is 0.383 e. The van der Waals surface area contributed by atoms with Gasteiger partial charge in [-0.3, -0.25) is 0 Å². The van der Waals surface area contributed by atoms with Gasteiger partial charge in [-0.15, -0.1) is 5.11 Å². The second-order valence-electron chi connectivity index (χ2n) is 1.97. The summed E-state index contributed by atoms with van der Waals surface area (Å²) < 4.78 is 0. The molecule has 11 heavy (non-hydrogen) atoms. The Morgan fingerprint density at radius 1 is 1.36 bits per heavy atom. The van der Waals surface area contributed by atoms with Crippen molar-refractivity contribution in [3.05, 3.63) is 11.8 Å². The Morgan fingerprint density at radius 3 is 3.00 bits per heavy atom. The van der Waals surface area contributed by atoms with Gasteiger partial charge in [-0.2, -0.15) is 10.1 Å². The third kappa shape index (κ3) is 0.874. The molecule has 2 rings (SSSR count). The van der Waals surface area contributed by atoms with E-state index in [0.29, 0.717) is 17.2 Å². The third-order valence-corrected chi connectivity index (χ3v) is 1.46. The van der Waals surface area contributed by atoms with Crippen molar-refractivity contribution in [1.82, 2.24) is 0 Å². The molecule has 0 amide bonds. The Bertz CT molecular complexity index is 348. The first-order valence-corrected chi connectivity index (χ1v) is 3.27. The summed E-state index contributed by atoms with van der Waals surface area (Å²) in [7, 11) is 0. The second kappa shape index (κ2) is 2.03. The number of hydrogen-bond acceptors (Lipinski definition) is 4. The predicted octanol–water partition coefficient (Wildman–Crippen LogP) is 0.390. The second-order valence-corrected chi connectivity index (χ2v) is 2.34. The normalized spacial score (nSPS) is 20.7. The van der Waals surface area contributed by atoms with Crippen molar-refractivity contribution in [2.75, 3.05) is 0 Å². The highest BCUT2D eigenvalue weighted by molar-refractivity contribution is 7.80. The Morgan fingerprint density at radius 2 is 2.18 bits per heavy atom. The highest BCUT2D eigenvalue weighted by atomic mass is 32.1. The minimum atomic E-state index is 0.204. The Labute approximate surface area is 67.4 Å². The van der Waals surface area contributed by atoms with Crippen molar-refractivity contribution in [3.63, 3.8) is 0 Å². The molecule has 0 unspecified atom stereocenters. The van der Waals surface area contributed by atoms with Crippen molar-refractivity contribution < 1.29 is 0 Å². The van der Waals surface area contributed by atoms with Crippen LogP contribution in [0.15, 0.2) is 32.0 Å². The number of amidine groups is 2. The summed E-state index contributed by atoms with van der Waals surface area (Å²) in [4.78, 5) is 7.62. The number of aliphatic imine (C=N–C) groups is 2. The van der Waals surface area contributed by atoms with Crippen molar-refractivity contribution in [2.24, 2.45) is 25.9 Å².